The molecule has 0 aliphatic rings. The van der Waals surface area contributed by atoms with Gasteiger partial charge in [0.1, 0.15) is 5.82 Å². The second-order valence-corrected chi connectivity index (χ2v) is 5.75. The molecule has 0 radical (unpaired) electrons. The number of hydrogen-bond acceptors (Lipinski definition) is 2. The molecule has 21 heavy (non-hydrogen) atoms. The molecular formula is C14H16Cl3N3O. The molecule has 1 amide bonds. The van der Waals surface area contributed by atoms with Gasteiger partial charge < -0.3 is 9.88 Å². The molecule has 1 aromatic carbocycles. The summed E-state index contributed by atoms with van der Waals surface area (Å²) < 4.78 is 1.91. The maximum absolute atomic E-state index is 11.7. The molecule has 0 unspecified atom stereocenters. The van der Waals surface area contributed by atoms with Crippen LogP contribution in [0, 0.1) is 0 Å². The van der Waals surface area contributed by atoms with Crippen molar-refractivity contribution in [2.24, 2.45) is 0 Å². The van der Waals surface area contributed by atoms with E-state index in [0.717, 1.165) is 17.5 Å². The zero-order valence-electron chi connectivity index (χ0n) is 11.6. The van der Waals surface area contributed by atoms with E-state index in [9.17, 15) is 4.79 Å². The summed E-state index contributed by atoms with van der Waals surface area (Å²) in [6.07, 6.45) is 1.29. The summed E-state index contributed by atoms with van der Waals surface area (Å²) in [5, 5.41) is 3.76. The number of carbonyl (C=O) groups is 1. The predicted octanol–water partition coefficient (Wildman–Crippen LogP) is 4.00. The summed E-state index contributed by atoms with van der Waals surface area (Å²) in [6.45, 7) is 3.21. The Bertz CT molecular complexity index is 654. The third-order valence-corrected chi connectivity index (χ3v) is 4.08. The Morgan fingerprint density at radius 1 is 1.33 bits per heavy atom. The van der Waals surface area contributed by atoms with Crippen molar-refractivity contribution < 1.29 is 4.79 Å². The van der Waals surface area contributed by atoms with Gasteiger partial charge in [0.2, 0.25) is 5.91 Å². The van der Waals surface area contributed by atoms with Gasteiger partial charge in [-0.3, -0.25) is 4.79 Å². The molecule has 7 heteroatoms. The molecule has 0 atom stereocenters. The minimum Gasteiger partial charge on any atom is -0.356 e. The van der Waals surface area contributed by atoms with Crippen molar-refractivity contribution in [3.63, 3.8) is 0 Å². The first kappa shape index (κ1) is 16.4. The first-order valence-electron chi connectivity index (χ1n) is 6.73. The van der Waals surface area contributed by atoms with Gasteiger partial charge in [-0.05, 0) is 18.6 Å². The Balaban J connectivity index is 2.25. The highest BCUT2D eigenvalue weighted by Gasteiger charge is 2.13. The molecule has 0 saturated carbocycles. The monoisotopic (exact) mass is 347 g/mol. The van der Waals surface area contributed by atoms with Crippen molar-refractivity contribution in [2.75, 3.05) is 6.54 Å². The van der Waals surface area contributed by atoms with Crippen LogP contribution in [0.4, 0.5) is 0 Å². The molecule has 1 aromatic heterocycles. The second-order valence-electron chi connectivity index (χ2n) is 4.67. The highest BCUT2D eigenvalue weighted by Crippen LogP contribution is 2.28. The summed E-state index contributed by atoms with van der Waals surface area (Å²) in [5.74, 6) is 0.980. The lowest BCUT2D eigenvalue weighted by molar-refractivity contribution is -0.121. The average molecular weight is 349 g/mol. The summed E-state index contributed by atoms with van der Waals surface area (Å²) in [5.41, 5.74) is 1.57. The fourth-order valence-corrected chi connectivity index (χ4v) is 2.61. The molecule has 2 aromatic rings. The molecule has 0 aliphatic heterocycles. The fourth-order valence-electron chi connectivity index (χ4n) is 2.09. The summed E-state index contributed by atoms with van der Waals surface area (Å²) in [7, 11) is 0. The van der Waals surface area contributed by atoms with E-state index in [1.54, 1.807) is 12.1 Å². The normalized spacial score (nSPS) is 11.0. The molecule has 1 heterocycles. The first-order valence-corrected chi connectivity index (χ1v) is 8.02. The van der Waals surface area contributed by atoms with Gasteiger partial charge in [0, 0.05) is 19.5 Å². The lowest BCUT2D eigenvalue weighted by atomic mass is 10.3. The quantitative estimate of drug-likeness (QED) is 0.802. The Kier molecular flexibility index (Phi) is 5.73. The van der Waals surface area contributed by atoms with Crippen LogP contribution < -0.4 is 5.32 Å². The summed E-state index contributed by atoms with van der Waals surface area (Å²) >= 11 is 18.0. The summed E-state index contributed by atoms with van der Waals surface area (Å²) in [4.78, 5) is 16.2. The van der Waals surface area contributed by atoms with Gasteiger partial charge in [0.15, 0.2) is 0 Å². The van der Waals surface area contributed by atoms with Gasteiger partial charge >= 0.3 is 0 Å². The molecule has 0 saturated heterocycles. The Morgan fingerprint density at radius 3 is 2.71 bits per heavy atom. The Hall–Kier alpha value is -0.970. The van der Waals surface area contributed by atoms with Gasteiger partial charge in [0.05, 0.1) is 27.0 Å². The van der Waals surface area contributed by atoms with E-state index in [-0.39, 0.29) is 11.8 Å². The van der Waals surface area contributed by atoms with Gasteiger partial charge in [-0.2, -0.15) is 0 Å². The van der Waals surface area contributed by atoms with Crippen LogP contribution in [0.1, 0.15) is 25.6 Å². The van der Waals surface area contributed by atoms with E-state index in [1.165, 1.54) is 0 Å². The van der Waals surface area contributed by atoms with Crippen molar-refractivity contribution in [1.82, 2.24) is 14.9 Å². The first-order chi connectivity index (χ1) is 10.1. The average Bonchev–Trinajstić information content (AvgIpc) is 2.80. The highest BCUT2D eigenvalue weighted by molar-refractivity contribution is 6.42. The molecule has 1 N–H and O–H groups in total. The number of aromatic nitrogens is 2. The maximum Gasteiger partial charge on any atom is 0.221 e. The van der Waals surface area contributed by atoms with E-state index in [4.69, 9.17) is 34.8 Å². The number of rotatable bonds is 6. The smallest absolute Gasteiger partial charge is 0.221 e. The third kappa shape index (κ3) is 3.82. The van der Waals surface area contributed by atoms with Crippen molar-refractivity contribution in [1.29, 1.82) is 0 Å². The number of nitrogens with zero attached hydrogens (tertiary/aromatic N) is 2. The van der Waals surface area contributed by atoms with Gasteiger partial charge in [-0.25, -0.2) is 4.98 Å². The van der Waals surface area contributed by atoms with Gasteiger partial charge in [-0.15, -0.1) is 11.6 Å². The lowest BCUT2D eigenvalue weighted by Gasteiger charge is -2.08. The van der Waals surface area contributed by atoms with Crippen LogP contribution in [0.2, 0.25) is 10.0 Å². The number of imidazole rings is 1. The summed E-state index contributed by atoms with van der Waals surface area (Å²) in [6, 6.07) is 3.47. The van der Waals surface area contributed by atoms with Crippen LogP contribution in [0.15, 0.2) is 12.1 Å². The van der Waals surface area contributed by atoms with Crippen molar-refractivity contribution >= 4 is 51.7 Å². The molecule has 0 fully saturated rings. The molecule has 114 valence electrons. The third-order valence-electron chi connectivity index (χ3n) is 3.12. The Labute approximate surface area is 138 Å². The van der Waals surface area contributed by atoms with E-state index >= 15 is 0 Å². The van der Waals surface area contributed by atoms with E-state index in [0.29, 0.717) is 35.4 Å². The van der Waals surface area contributed by atoms with Crippen molar-refractivity contribution in [3.05, 3.63) is 28.0 Å². The van der Waals surface area contributed by atoms with Crippen LogP contribution in [0.25, 0.3) is 11.0 Å². The van der Waals surface area contributed by atoms with Gasteiger partial charge in [0.25, 0.3) is 0 Å². The number of fused-ring (bicyclic) bond motifs is 1. The Morgan fingerprint density at radius 2 is 2.05 bits per heavy atom. The molecule has 0 spiro atoms. The SMILES string of the molecule is CCCNC(=O)CCn1c(CCl)nc2cc(Cl)c(Cl)cc21. The van der Waals surface area contributed by atoms with Crippen LogP contribution in [0.5, 0.6) is 0 Å². The molecule has 0 aliphatic carbocycles. The predicted molar refractivity (Wildman–Crippen MR) is 87.2 cm³/mol. The van der Waals surface area contributed by atoms with Crippen LogP contribution in [-0.4, -0.2) is 22.0 Å². The second kappa shape index (κ2) is 7.34. The standard InChI is InChI=1S/C14H16Cl3N3O/c1-2-4-18-14(21)3-5-20-12-7-10(17)9(16)6-11(12)19-13(20)8-15/h6-7H,2-5,8H2,1H3,(H,18,21). The van der Waals surface area contributed by atoms with Crippen molar-refractivity contribution in [3.8, 4) is 0 Å². The molecule has 2 rings (SSSR count). The van der Waals surface area contributed by atoms with Crippen LogP contribution >= 0.6 is 34.8 Å². The highest BCUT2D eigenvalue weighted by atomic mass is 35.5. The van der Waals surface area contributed by atoms with E-state index in [1.807, 2.05) is 11.5 Å². The zero-order chi connectivity index (χ0) is 15.4. The lowest BCUT2D eigenvalue weighted by Crippen LogP contribution is -2.25. The van der Waals surface area contributed by atoms with Crippen LogP contribution in [-0.2, 0) is 17.2 Å². The number of amides is 1. The number of alkyl halides is 1. The number of nitrogens with one attached hydrogen (secondary N) is 1. The van der Waals surface area contributed by atoms with Crippen LogP contribution in [0.3, 0.4) is 0 Å². The largest absolute Gasteiger partial charge is 0.356 e. The molecule has 4 nitrogen and oxygen atoms in total. The van der Waals surface area contributed by atoms with E-state index < -0.39 is 0 Å². The van der Waals surface area contributed by atoms with Gasteiger partial charge in [-0.1, -0.05) is 30.1 Å². The molecule has 0 bridgehead atoms. The number of halogens is 3. The number of carbonyl (C=O) groups excluding carboxylic acids is 1. The minimum atomic E-state index is 0.0132. The molecular weight excluding hydrogens is 333 g/mol. The van der Waals surface area contributed by atoms with E-state index in [2.05, 4.69) is 10.3 Å². The number of benzene rings is 1. The topological polar surface area (TPSA) is 46.9 Å². The number of aryl methyl sites for hydroxylation is 1. The number of hydrogen-bond donors (Lipinski definition) is 1. The van der Waals surface area contributed by atoms with Crippen molar-refractivity contribution in [2.45, 2.75) is 32.2 Å². The maximum atomic E-state index is 11.7. The minimum absolute atomic E-state index is 0.0132. The fraction of sp³-hybridized carbons (Fsp3) is 0.429. The zero-order valence-corrected chi connectivity index (χ0v) is 13.9.